The lowest BCUT2D eigenvalue weighted by atomic mass is 10.0. The summed E-state index contributed by atoms with van der Waals surface area (Å²) < 4.78 is 32.6. The Morgan fingerprint density at radius 2 is 1.73 bits per heavy atom. The van der Waals surface area contributed by atoms with Gasteiger partial charge in [-0.1, -0.05) is 19.9 Å². The first-order valence-corrected chi connectivity index (χ1v) is 11.8. The Morgan fingerprint density at radius 1 is 1.10 bits per heavy atom. The fourth-order valence-electron chi connectivity index (χ4n) is 3.95. The lowest BCUT2D eigenvalue weighted by Crippen LogP contribution is -2.52. The third kappa shape index (κ3) is 4.67. The van der Waals surface area contributed by atoms with Gasteiger partial charge in [0.25, 0.3) is 5.91 Å². The molecule has 2 saturated heterocycles. The summed E-state index contributed by atoms with van der Waals surface area (Å²) in [5.74, 6) is 0.0609. The van der Waals surface area contributed by atoms with Gasteiger partial charge in [-0.2, -0.15) is 9.57 Å². The summed E-state index contributed by atoms with van der Waals surface area (Å²) in [7, 11) is -3.66. The standard InChI is InChI=1S/C21H30N4O4S/c1-16(2)20(15-22)23-6-8-24(9-7-23)21(26)19-14-18(5-4-17(19)3)30(27,28)25-10-12-29-13-11-25/h4-5,14,16,20H,6-13H2,1-3H3. The number of carbonyl (C=O) groups is 1. The molecule has 0 aliphatic carbocycles. The Bertz CT molecular complexity index is 911. The predicted molar refractivity (Wildman–Crippen MR) is 112 cm³/mol. The number of nitrogens with zero attached hydrogens (tertiary/aromatic N) is 4. The van der Waals surface area contributed by atoms with E-state index in [0.29, 0.717) is 58.0 Å². The SMILES string of the molecule is Cc1ccc(S(=O)(=O)N2CCOCC2)cc1C(=O)N1CCN(C(C#N)C(C)C)CC1. The van der Waals surface area contributed by atoms with Crippen molar-refractivity contribution < 1.29 is 17.9 Å². The van der Waals surface area contributed by atoms with Crippen LogP contribution in [-0.2, 0) is 14.8 Å². The van der Waals surface area contributed by atoms with E-state index in [9.17, 15) is 18.5 Å². The molecular formula is C21H30N4O4S. The Hall–Kier alpha value is -1.99. The summed E-state index contributed by atoms with van der Waals surface area (Å²) in [4.78, 5) is 17.2. The van der Waals surface area contributed by atoms with Crippen molar-refractivity contribution >= 4 is 15.9 Å². The van der Waals surface area contributed by atoms with Gasteiger partial charge in [0.1, 0.15) is 6.04 Å². The quantitative estimate of drug-likeness (QED) is 0.694. The molecule has 0 spiro atoms. The molecule has 0 aromatic heterocycles. The van der Waals surface area contributed by atoms with E-state index < -0.39 is 10.0 Å². The number of sulfonamides is 1. The lowest BCUT2D eigenvalue weighted by molar-refractivity contribution is 0.0575. The first-order chi connectivity index (χ1) is 14.3. The number of piperazine rings is 1. The minimum atomic E-state index is -3.66. The number of amides is 1. The van der Waals surface area contributed by atoms with Crippen LogP contribution >= 0.6 is 0 Å². The number of hydrogen-bond acceptors (Lipinski definition) is 6. The van der Waals surface area contributed by atoms with Crippen LogP contribution in [0.25, 0.3) is 0 Å². The average molecular weight is 435 g/mol. The minimum absolute atomic E-state index is 0.140. The largest absolute Gasteiger partial charge is 0.379 e. The van der Waals surface area contributed by atoms with Crippen LogP contribution < -0.4 is 0 Å². The molecule has 1 aromatic carbocycles. The number of carbonyl (C=O) groups excluding carboxylic acids is 1. The maximum atomic E-state index is 13.2. The van der Waals surface area contributed by atoms with Gasteiger partial charge in [0, 0.05) is 44.8 Å². The van der Waals surface area contributed by atoms with Gasteiger partial charge in [0.2, 0.25) is 10.0 Å². The van der Waals surface area contributed by atoms with Crippen LogP contribution in [0.5, 0.6) is 0 Å². The number of nitriles is 1. The highest BCUT2D eigenvalue weighted by molar-refractivity contribution is 7.89. The van der Waals surface area contributed by atoms with Crippen molar-refractivity contribution in [1.82, 2.24) is 14.1 Å². The van der Waals surface area contributed by atoms with E-state index in [1.54, 1.807) is 17.0 Å². The molecule has 164 valence electrons. The zero-order valence-corrected chi connectivity index (χ0v) is 18.7. The Labute approximate surface area is 179 Å². The highest BCUT2D eigenvalue weighted by Gasteiger charge is 2.31. The zero-order chi connectivity index (χ0) is 21.9. The summed E-state index contributed by atoms with van der Waals surface area (Å²) in [6.45, 7) is 9.55. The van der Waals surface area contributed by atoms with Crippen molar-refractivity contribution in [3.63, 3.8) is 0 Å². The zero-order valence-electron chi connectivity index (χ0n) is 17.9. The molecule has 0 radical (unpaired) electrons. The van der Waals surface area contributed by atoms with Crippen LogP contribution in [0.3, 0.4) is 0 Å². The van der Waals surface area contributed by atoms with Crippen molar-refractivity contribution in [2.24, 2.45) is 5.92 Å². The molecule has 2 aliphatic rings. The van der Waals surface area contributed by atoms with Gasteiger partial charge in [0.15, 0.2) is 0 Å². The van der Waals surface area contributed by atoms with E-state index in [1.807, 2.05) is 20.8 Å². The topological polar surface area (TPSA) is 93.9 Å². The predicted octanol–water partition coefficient (Wildman–Crippen LogP) is 1.32. The number of ether oxygens (including phenoxy) is 1. The molecule has 0 N–H and O–H groups in total. The maximum Gasteiger partial charge on any atom is 0.254 e. The fourth-order valence-corrected chi connectivity index (χ4v) is 5.39. The molecule has 0 saturated carbocycles. The lowest BCUT2D eigenvalue weighted by Gasteiger charge is -2.38. The summed E-state index contributed by atoms with van der Waals surface area (Å²) in [5, 5.41) is 9.41. The maximum absolute atomic E-state index is 13.2. The van der Waals surface area contributed by atoms with E-state index in [1.165, 1.54) is 10.4 Å². The molecule has 2 aliphatic heterocycles. The third-order valence-electron chi connectivity index (χ3n) is 5.81. The van der Waals surface area contributed by atoms with E-state index in [2.05, 4.69) is 11.0 Å². The van der Waals surface area contributed by atoms with Gasteiger partial charge in [0.05, 0.1) is 24.2 Å². The van der Waals surface area contributed by atoms with Crippen molar-refractivity contribution in [3.05, 3.63) is 29.3 Å². The molecule has 2 heterocycles. The Morgan fingerprint density at radius 3 is 2.30 bits per heavy atom. The second kappa shape index (κ2) is 9.43. The number of rotatable bonds is 5. The van der Waals surface area contributed by atoms with Gasteiger partial charge in [-0.05, 0) is 30.5 Å². The second-order valence-electron chi connectivity index (χ2n) is 8.14. The number of morpholine rings is 1. The van der Waals surface area contributed by atoms with E-state index >= 15 is 0 Å². The molecule has 2 fully saturated rings. The van der Waals surface area contributed by atoms with Crippen LogP contribution in [0, 0.1) is 24.2 Å². The normalized spacial score (nSPS) is 20.2. The number of aryl methyl sites for hydroxylation is 1. The fraction of sp³-hybridized carbons (Fsp3) is 0.619. The van der Waals surface area contributed by atoms with E-state index in [0.717, 1.165) is 5.56 Å². The van der Waals surface area contributed by atoms with E-state index in [4.69, 9.17) is 4.74 Å². The Kier molecular flexibility index (Phi) is 7.14. The van der Waals surface area contributed by atoms with Crippen molar-refractivity contribution in [2.45, 2.75) is 31.7 Å². The number of hydrogen-bond donors (Lipinski definition) is 0. The molecule has 9 heteroatoms. The van der Waals surface area contributed by atoms with Gasteiger partial charge in [-0.3, -0.25) is 9.69 Å². The molecule has 30 heavy (non-hydrogen) atoms. The number of benzene rings is 1. The van der Waals surface area contributed by atoms with Crippen LogP contribution in [0.15, 0.2) is 23.1 Å². The molecule has 1 atom stereocenters. The third-order valence-corrected chi connectivity index (χ3v) is 7.70. The van der Waals surface area contributed by atoms with Crippen LogP contribution in [0.4, 0.5) is 0 Å². The molecule has 8 nitrogen and oxygen atoms in total. The average Bonchev–Trinajstić information content (AvgIpc) is 2.75. The van der Waals surface area contributed by atoms with Gasteiger partial charge in [-0.15, -0.1) is 0 Å². The first kappa shape index (κ1) is 22.7. The minimum Gasteiger partial charge on any atom is -0.379 e. The van der Waals surface area contributed by atoms with Crippen molar-refractivity contribution in [1.29, 1.82) is 5.26 Å². The smallest absolute Gasteiger partial charge is 0.254 e. The second-order valence-corrected chi connectivity index (χ2v) is 10.1. The molecule has 1 aromatic rings. The highest BCUT2D eigenvalue weighted by atomic mass is 32.2. The first-order valence-electron chi connectivity index (χ1n) is 10.4. The molecule has 1 amide bonds. The van der Waals surface area contributed by atoms with Gasteiger partial charge >= 0.3 is 0 Å². The summed E-state index contributed by atoms with van der Waals surface area (Å²) in [6, 6.07) is 6.95. The molecule has 0 bridgehead atoms. The molecule has 1 unspecified atom stereocenters. The summed E-state index contributed by atoms with van der Waals surface area (Å²) >= 11 is 0. The van der Waals surface area contributed by atoms with Crippen LogP contribution in [0.1, 0.15) is 29.8 Å². The summed E-state index contributed by atoms with van der Waals surface area (Å²) in [5.41, 5.74) is 1.17. The van der Waals surface area contributed by atoms with Gasteiger partial charge in [-0.25, -0.2) is 8.42 Å². The molecular weight excluding hydrogens is 404 g/mol. The van der Waals surface area contributed by atoms with Crippen LogP contribution in [0.2, 0.25) is 0 Å². The van der Waals surface area contributed by atoms with Crippen molar-refractivity contribution in [2.75, 3.05) is 52.5 Å². The Balaban J connectivity index is 1.76. The molecule has 3 rings (SSSR count). The van der Waals surface area contributed by atoms with Crippen LogP contribution in [-0.4, -0.2) is 87.0 Å². The summed E-state index contributed by atoms with van der Waals surface area (Å²) in [6.07, 6.45) is 0. The van der Waals surface area contributed by atoms with Crippen molar-refractivity contribution in [3.8, 4) is 6.07 Å². The monoisotopic (exact) mass is 434 g/mol. The van der Waals surface area contributed by atoms with Gasteiger partial charge < -0.3 is 9.64 Å². The highest BCUT2D eigenvalue weighted by Crippen LogP contribution is 2.22. The van der Waals surface area contributed by atoms with E-state index in [-0.39, 0.29) is 22.8 Å².